The second-order valence-corrected chi connectivity index (χ2v) is 7.16. The third-order valence-electron chi connectivity index (χ3n) is 5.22. The first kappa shape index (κ1) is 17.7. The molecule has 0 radical (unpaired) electrons. The molecule has 1 aromatic heterocycles. The lowest BCUT2D eigenvalue weighted by atomic mass is 10.00. The van der Waals surface area contributed by atoms with Crippen LogP contribution in [0.3, 0.4) is 0 Å². The molecule has 1 aliphatic heterocycles. The SMILES string of the molecule is Cc1ccc(O)c(CN2CCCn3cccc3[C@@H]2c2ccc(F)c(F)c2)c1. The van der Waals surface area contributed by atoms with Gasteiger partial charge in [-0.2, -0.15) is 0 Å². The lowest BCUT2D eigenvalue weighted by Crippen LogP contribution is -2.29. The van der Waals surface area contributed by atoms with Crippen LogP contribution >= 0.6 is 0 Å². The highest BCUT2D eigenvalue weighted by Gasteiger charge is 2.28. The van der Waals surface area contributed by atoms with Crippen molar-refractivity contribution in [1.82, 2.24) is 9.47 Å². The molecular weight excluding hydrogens is 346 g/mol. The lowest BCUT2D eigenvalue weighted by molar-refractivity contribution is 0.217. The molecule has 0 saturated heterocycles. The number of benzene rings is 2. The van der Waals surface area contributed by atoms with Gasteiger partial charge in [0.25, 0.3) is 0 Å². The van der Waals surface area contributed by atoms with E-state index in [1.807, 2.05) is 37.4 Å². The molecule has 1 atom stereocenters. The van der Waals surface area contributed by atoms with Gasteiger partial charge in [-0.05, 0) is 49.2 Å². The molecule has 0 saturated carbocycles. The molecule has 27 heavy (non-hydrogen) atoms. The van der Waals surface area contributed by atoms with E-state index < -0.39 is 11.6 Å². The molecule has 1 aliphatic rings. The summed E-state index contributed by atoms with van der Waals surface area (Å²) in [6.07, 6.45) is 2.96. The van der Waals surface area contributed by atoms with Crippen molar-refractivity contribution in [3.8, 4) is 5.75 Å². The van der Waals surface area contributed by atoms with Crippen LogP contribution in [0.25, 0.3) is 0 Å². The summed E-state index contributed by atoms with van der Waals surface area (Å²) in [4.78, 5) is 2.22. The van der Waals surface area contributed by atoms with Gasteiger partial charge in [0.15, 0.2) is 11.6 Å². The zero-order chi connectivity index (χ0) is 19.0. The maximum atomic E-state index is 14.0. The Labute approximate surface area is 157 Å². The summed E-state index contributed by atoms with van der Waals surface area (Å²) in [6, 6.07) is 13.5. The van der Waals surface area contributed by atoms with Crippen LogP contribution < -0.4 is 0 Å². The standard InChI is InChI=1S/C22H22F2N2O/c1-15-5-8-21(27)17(12-15)14-26-11-3-10-25-9-2-4-20(25)22(26)16-6-7-18(23)19(24)13-16/h2,4-9,12-13,22,27H,3,10-11,14H2,1H3/t22-/m0/s1. The Morgan fingerprint density at radius 1 is 1.04 bits per heavy atom. The summed E-state index contributed by atoms with van der Waals surface area (Å²) < 4.78 is 29.6. The molecule has 140 valence electrons. The van der Waals surface area contributed by atoms with Crippen molar-refractivity contribution >= 4 is 0 Å². The molecule has 0 spiro atoms. The number of hydrogen-bond acceptors (Lipinski definition) is 2. The fourth-order valence-electron chi connectivity index (χ4n) is 3.93. The van der Waals surface area contributed by atoms with E-state index in [0.29, 0.717) is 12.1 Å². The smallest absolute Gasteiger partial charge is 0.159 e. The third-order valence-corrected chi connectivity index (χ3v) is 5.22. The molecule has 2 heterocycles. The van der Waals surface area contributed by atoms with E-state index in [9.17, 15) is 13.9 Å². The number of fused-ring (bicyclic) bond motifs is 1. The van der Waals surface area contributed by atoms with Crippen molar-refractivity contribution < 1.29 is 13.9 Å². The van der Waals surface area contributed by atoms with E-state index in [0.717, 1.165) is 36.3 Å². The van der Waals surface area contributed by atoms with Crippen LogP contribution in [0.2, 0.25) is 0 Å². The van der Waals surface area contributed by atoms with Crippen molar-refractivity contribution in [1.29, 1.82) is 0 Å². The average Bonchev–Trinajstić information content (AvgIpc) is 3.02. The largest absolute Gasteiger partial charge is 0.508 e. The fourth-order valence-corrected chi connectivity index (χ4v) is 3.93. The van der Waals surface area contributed by atoms with Gasteiger partial charge in [0.1, 0.15) is 5.75 Å². The van der Waals surface area contributed by atoms with Crippen LogP contribution in [0.1, 0.15) is 34.8 Å². The minimum atomic E-state index is -0.842. The van der Waals surface area contributed by atoms with Crippen LogP contribution in [-0.2, 0) is 13.1 Å². The Hall–Kier alpha value is -2.66. The lowest BCUT2D eigenvalue weighted by Gasteiger charge is -2.31. The average molecular weight is 368 g/mol. The molecular formula is C22H22F2N2O. The van der Waals surface area contributed by atoms with Crippen molar-refractivity contribution in [3.63, 3.8) is 0 Å². The normalized spacial score (nSPS) is 17.5. The Bertz CT molecular complexity index is 967. The maximum Gasteiger partial charge on any atom is 0.159 e. The summed E-state index contributed by atoms with van der Waals surface area (Å²) in [5, 5.41) is 10.3. The van der Waals surface area contributed by atoms with Gasteiger partial charge in [-0.3, -0.25) is 4.90 Å². The summed E-state index contributed by atoms with van der Waals surface area (Å²) in [6.45, 7) is 4.18. The molecule has 0 bridgehead atoms. The predicted molar refractivity (Wildman–Crippen MR) is 101 cm³/mol. The van der Waals surface area contributed by atoms with E-state index in [2.05, 4.69) is 9.47 Å². The van der Waals surface area contributed by atoms with E-state index in [1.165, 1.54) is 12.1 Å². The van der Waals surface area contributed by atoms with Gasteiger partial charge in [-0.15, -0.1) is 0 Å². The van der Waals surface area contributed by atoms with E-state index >= 15 is 0 Å². The molecule has 4 rings (SSSR count). The Morgan fingerprint density at radius 3 is 2.70 bits per heavy atom. The number of nitrogens with zero attached hydrogens (tertiary/aromatic N) is 2. The number of phenolic OH excluding ortho intramolecular Hbond substituents is 1. The van der Waals surface area contributed by atoms with Crippen LogP contribution in [0, 0.1) is 18.6 Å². The molecule has 2 aromatic carbocycles. The van der Waals surface area contributed by atoms with Gasteiger partial charge in [0, 0.05) is 37.1 Å². The highest BCUT2D eigenvalue weighted by molar-refractivity contribution is 5.37. The van der Waals surface area contributed by atoms with Crippen LogP contribution in [-0.4, -0.2) is 21.1 Å². The topological polar surface area (TPSA) is 28.4 Å². The minimum Gasteiger partial charge on any atom is -0.508 e. The Morgan fingerprint density at radius 2 is 1.89 bits per heavy atom. The Kier molecular flexibility index (Phi) is 4.70. The number of aryl methyl sites for hydroxylation is 2. The molecule has 5 heteroatoms. The monoisotopic (exact) mass is 368 g/mol. The summed E-state index contributed by atoms with van der Waals surface area (Å²) >= 11 is 0. The molecule has 0 fully saturated rings. The van der Waals surface area contributed by atoms with Gasteiger partial charge < -0.3 is 9.67 Å². The number of aromatic nitrogens is 1. The first-order chi connectivity index (χ1) is 13.0. The molecule has 1 N–H and O–H groups in total. The molecule has 0 amide bonds. The van der Waals surface area contributed by atoms with Gasteiger partial charge in [0.05, 0.1) is 6.04 Å². The zero-order valence-corrected chi connectivity index (χ0v) is 15.2. The molecule has 3 nitrogen and oxygen atoms in total. The van der Waals surface area contributed by atoms with Crippen molar-refractivity contribution in [2.45, 2.75) is 32.5 Å². The molecule has 0 aliphatic carbocycles. The Balaban J connectivity index is 1.78. The van der Waals surface area contributed by atoms with Crippen LogP contribution in [0.4, 0.5) is 8.78 Å². The van der Waals surface area contributed by atoms with E-state index in [1.54, 1.807) is 12.1 Å². The zero-order valence-electron chi connectivity index (χ0n) is 15.2. The van der Waals surface area contributed by atoms with Crippen molar-refractivity contribution in [3.05, 3.63) is 88.7 Å². The first-order valence-corrected chi connectivity index (χ1v) is 9.15. The minimum absolute atomic E-state index is 0.211. The van der Waals surface area contributed by atoms with E-state index in [4.69, 9.17) is 0 Å². The van der Waals surface area contributed by atoms with Gasteiger partial charge >= 0.3 is 0 Å². The predicted octanol–water partition coefficient (Wildman–Crippen LogP) is 4.78. The second kappa shape index (κ2) is 7.16. The van der Waals surface area contributed by atoms with Crippen LogP contribution in [0.5, 0.6) is 5.75 Å². The van der Waals surface area contributed by atoms with Crippen LogP contribution in [0.15, 0.2) is 54.7 Å². The molecule has 3 aromatic rings. The van der Waals surface area contributed by atoms with E-state index in [-0.39, 0.29) is 11.8 Å². The summed E-state index contributed by atoms with van der Waals surface area (Å²) in [7, 11) is 0. The maximum absolute atomic E-state index is 14.0. The summed E-state index contributed by atoms with van der Waals surface area (Å²) in [5.74, 6) is -1.43. The number of halogens is 2. The fraction of sp³-hybridized carbons (Fsp3) is 0.273. The second-order valence-electron chi connectivity index (χ2n) is 7.16. The van der Waals surface area contributed by atoms with Gasteiger partial charge in [-0.25, -0.2) is 8.78 Å². The van der Waals surface area contributed by atoms with Gasteiger partial charge in [0.2, 0.25) is 0 Å². The number of aromatic hydroxyl groups is 1. The number of rotatable bonds is 3. The highest BCUT2D eigenvalue weighted by Crippen LogP contribution is 2.34. The number of hydrogen-bond donors (Lipinski definition) is 1. The summed E-state index contributed by atoms with van der Waals surface area (Å²) in [5.41, 5.74) is 3.67. The van der Waals surface area contributed by atoms with Gasteiger partial charge in [-0.1, -0.05) is 23.8 Å². The van der Waals surface area contributed by atoms with Crippen molar-refractivity contribution in [2.24, 2.45) is 0 Å². The first-order valence-electron chi connectivity index (χ1n) is 9.15. The third kappa shape index (κ3) is 3.47. The number of phenols is 1. The van der Waals surface area contributed by atoms with Crippen molar-refractivity contribution in [2.75, 3.05) is 6.54 Å². The highest BCUT2D eigenvalue weighted by atomic mass is 19.2. The quantitative estimate of drug-likeness (QED) is 0.721. The molecule has 0 unspecified atom stereocenters.